The monoisotopic (exact) mass is 455 g/mol. The number of benzene rings is 3. The fourth-order valence-electron chi connectivity index (χ4n) is 3.64. The minimum Gasteiger partial charge on any atom is -0.444 e. The van der Waals surface area contributed by atoms with E-state index in [1.54, 1.807) is 67.7 Å². The van der Waals surface area contributed by atoms with Crippen molar-refractivity contribution in [2.45, 2.75) is 6.92 Å². The number of nitro benzene ring substituents is 1. The summed E-state index contributed by atoms with van der Waals surface area (Å²) in [6.07, 6.45) is 2.94. The predicted octanol–water partition coefficient (Wildman–Crippen LogP) is 5.06. The molecule has 0 fully saturated rings. The summed E-state index contributed by atoms with van der Waals surface area (Å²) < 4.78 is 6.07. The maximum Gasteiger partial charge on any atom is 0.274 e. The van der Waals surface area contributed by atoms with Crippen molar-refractivity contribution in [2.24, 2.45) is 0 Å². The van der Waals surface area contributed by atoms with Gasteiger partial charge in [-0.05, 0) is 49.4 Å². The normalized spacial score (nSPS) is 11.0. The molecule has 2 N–H and O–H groups in total. The number of fused-ring (bicyclic) bond motifs is 1. The molecule has 10 heteroatoms. The largest absolute Gasteiger partial charge is 0.444 e. The SMILES string of the molecule is Cc1cc2nc(-c3ccc(NC(=O)c4ccc(-c5cnco5)cc4)cc3)n(O)c2cc1[N+](=O)[O-]. The van der Waals surface area contributed by atoms with Gasteiger partial charge in [0.1, 0.15) is 5.52 Å². The van der Waals surface area contributed by atoms with Crippen molar-refractivity contribution in [1.82, 2.24) is 14.7 Å². The number of oxazole rings is 1. The lowest BCUT2D eigenvalue weighted by Crippen LogP contribution is -2.11. The first-order valence-electron chi connectivity index (χ1n) is 10.2. The summed E-state index contributed by atoms with van der Waals surface area (Å²) in [6, 6.07) is 16.5. The molecule has 0 saturated carbocycles. The van der Waals surface area contributed by atoms with E-state index in [1.807, 2.05) is 0 Å². The highest BCUT2D eigenvalue weighted by Gasteiger charge is 2.18. The van der Waals surface area contributed by atoms with Crippen LogP contribution in [0, 0.1) is 17.0 Å². The van der Waals surface area contributed by atoms with Gasteiger partial charge in [-0.3, -0.25) is 14.9 Å². The van der Waals surface area contributed by atoms with Crippen molar-refractivity contribution in [3.8, 4) is 22.7 Å². The van der Waals surface area contributed by atoms with Crippen molar-refractivity contribution in [3.05, 3.63) is 94.5 Å². The van der Waals surface area contributed by atoms with E-state index in [0.717, 1.165) is 10.3 Å². The predicted molar refractivity (Wildman–Crippen MR) is 124 cm³/mol. The Morgan fingerprint density at radius 1 is 1.09 bits per heavy atom. The first-order chi connectivity index (χ1) is 16.4. The van der Waals surface area contributed by atoms with Gasteiger partial charge < -0.3 is 14.9 Å². The minimum atomic E-state index is -0.499. The summed E-state index contributed by atoms with van der Waals surface area (Å²) >= 11 is 0. The second-order valence-corrected chi connectivity index (χ2v) is 7.61. The van der Waals surface area contributed by atoms with Crippen molar-refractivity contribution in [1.29, 1.82) is 0 Å². The Bertz CT molecular complexity index is 1520. The van der Waals surface area contributed by atoms with Crippen LogP contribution in [0.15, 0.2) is 77.7 Å². The molecular formula is C24H17N5O5. The van der Waals surface area contributed by atoms with Gasteiger partial charge in [0.15, 0.2) is 18.0 Å². The van der Waals surface area contributed by atoms with E-state index in [1.165, 1.54) is 12.5 Å². The van der Waals surface area contributed by atoms with E-state index < -0.39 is 4.92 Å². The smallest absolute Gasteiger partial charge is 0.274 e. The molecule has 5 rings (SSSR count). The molecule has 2 heterocycles. The molecule has 1 amide bonds. The van der Waals surface area contributed by atoms with Gasteiger partial charge in [-0.1, -0.05) is 12.1 Å². The average molecular weight is 455 g/mol. The summed E-state index contributed by atoms with van der Waals surface area (Å²) in [6.45, 7) is 1.62. The van der Waals surface area contributed by atoms with Crippen LogP contribution in [0.3, 0.4) is 0 Å². The minimum absolute atomic E-state index is 0.0961. The summed E-state index contributed by atoms with van der Waals surface area (Å²) in [5.41, 5.74) is 3.45. The third kappa shape index (κ3) is 3.73. The maximum absolute atomic E-state index is 12.6. The molecule has 2 aromatic heterocycles. The average Bonchev–Trinajstić information content (AvgIpc) is 3.48. The topological polar surface area (TPSA) is 136 Å². The van der Waals surface area contributed by atoms with E-state index >= 15 is 0 Å². The van der Waals surface area contributed by atoms with Crippen molar-refractivity contribution in [3.63, 3.8) is 0 Å². The Balaban J connectivity index is 1.35. The quantitative estimate of drug-likeness (QED) is 0.215. The molecule has 34 heavy (non-hydrogen) atoms. The fourth-order valence-corrected chi connectivity index (χ4v) is 3.64. The molecular weight excluding hydrogens is 438 g/mol. The number of anilines is 1. The molecule has 0 bridgehead atoms. The highest BCUT2D eigenvalue weighted by atomic mass is 16.6. The van der Waals surface area contributed by atoms with E-state index in [2.05, 4.69) is 15.3 Å². The molecule has 0 atom stereocenters. The van der Waals surface area contributed by atoms with E-state index in [9.17, 15) is 20.1 Å². The van der Waals surface area contributed by atoms with Gasteiger partial charge in [0.05, 0.1) is 16.6 Å². The summed E-state index contributed by atoms with van der Waals surface area (Å²) in [5.74, 6) is 0.562. The number of nitrogens with one attached hydrogen (secondary N) is 1. The van der Waals surface area contributed by atoms with Gasteiger partial charge in [0, 0.05) is 34.0 Å². The highest BCUT2D eigenvalue weighted by molar-refractivity contribution is 6.04. The van der Waals surface area contributed by atoms with Gasteiger partial charge in [0.25, 0.3) is 11.6 Å². The summed E-state index contributed by atoms with van der Waals surface area (Å²) in [4.78, 5) is 31.6. The van der Waals surface area contributed by atoms with Gasteiger partial charge in [-0.2, -0.15) is 4.73 Å². The van der Waals surface area contributed by atoms with Crippen molar-refractivity contribution >= 4 is 28.3 Å². The summed E-state index contributed by atoms with van der Waals surface area (Å²) in [7, 11) is 0. The zero-order chi connectivity index (χ0) is 23.8. The van der Waals surface area contributed by atoms with Gasteiger partial charge in [0.2, 0.25) is 0 Å². The molecule has 0 radical (unpaired) electrons. The number of hydrogen-bond acceptors (Lipinski definition) is 7. The fraction of sp³-hybridized carbons (Fsp3) is 0.0417. The first kappa shape index (κ1) is 20.9. The molecule has 0 unspecified atom stereocenters. The number of aryl methyl sites for hydroxylation is 1. The van der Waals surface area contributed by atoms with Crippen molar-refractivity contribution in [2.75, 3.05) is 5.32 Å². The van der Waals surface area contributed by atoms with Gasteiger partial charge in [-0.15, -0.1) is 0 Å². The van der Waals surface area contributed by atoms with Crippen LogP contribution in [0.2, 0.25) is 0 Å². The Morgan fingerprint density at radius 3 is 2.44 bits per heavy atom. The highest BCUT2D eigenvalue weighted by Crippen LogP contribution is 2.29. The lowest BCUT2D eigenvalue weighted by atomic mass is 10.1. The number of imidazole rings is 1. The van der Waals surface area contributed by atoms with E-state index in [-0.39, 0.29) is 22.9 Å². The van der Waals surface area contributed by atoms with Crippen LogP contribution in [0.4, 0.5) is 11.4 Å². The van der Waals surface area contributed by atoms with E-state index in [0.29, 0.717) is 33.7 Å². The molecule has 0 spiro atoms. The Morgan fingerprint density at radius 2 is 1.79 bits per heavy atom. The molecule has 5 aromatic rings. The second-order valence-electron chi connectivity index (χ2n) is 7.61. The lowest BCUT2D eigenvalue weighted by Gasteiger charge is -2.07. The third-order valence-electron chi connectivity index (χ3n) is 5.41. The van der Waals surface area contributed by atoms with Crippen LogP contribution in [0.1, 0.15) is 15.9 Å². The standard InChI is InChI=1S/C24H17N5O5/c1-14-10-19-21(11-20(14)29(32)33)28(31)23(27-19)16-6-8-18(9-7-16)26-24(30)17-4-2-15(3-5-17)22-12-25-13-34-22/h2-13,31H,1H3,(H,26,30). The Kier molecular flexibility index (Phi) is 5.02. The molecule has 0 aliphatic heterocycles. The molecule has 0 saturated heterocycles. The third-order valence-corrected chi connectivity index (χ3v) is 5.41. The molecule has 3 aromatic carbocycles. The number of nitro groups is 1. The summed E-state index contributed by atoms with van der Waals surface area (Å²) in [5, 5.41) is 24.6. The van der Waals surface area contributed by atoms with Gasteiger partial charge >= 0.3 is 0 Å². The molecule has 10 nitrogen and oxygen atoms in total. The lowest BCUT2D eigenvalue weighted by molar-refractivity contribution is -0.385. The zero-order valence-electron chi connectivity index (χ0n) is 17.8. The molecule has 0 aliphatic carbocycles. The first-order valence-corrected chi connectivity index (χ1v) is 10.2. The van der Waals surface area contributed by atoms with Crippen molar-refractivity contribution < 1.29 is 19.3 Å². The Labute approximate surface area is 192 Å². The Hall–Kier alpha value is -4.99. The molecule has 168 valence electrons. The van der Waals surface area contributed by atoms with Gasteiger partial charge in [-0.25, -0.2) is 9.97 Å². The number of aromatic nitrogens is 3. The number of carbonyl (C=O) groups is 1. The van der Waals surface area contributed by atoms with Crippen LogP contribution in [-0.4, -0.2) is 30.7 Å². The zero-order valence-corrected chi connectivity index (χ0v) is 17.8. The van der Waals surface area contributed by atoms with Crippen LogP contribution >= 0.6 is 0 Å². The van der Waals surface area contributed by atoms with Crippen LogP contribution in [-0.2, 0) is 0 Å². The maximum atomic E-state index is 12.6. The van der Waals surface area contributed by atoms with Crippen LogP contribution in [0.5, 0.6) is 0 Å². The van der Waals surface area contributed by atoms with Crippen LogP contribution in [0.25, 0.3) is 33.7 Å². The number of hydrogen-bond donors (Lipinski definition) is 2. The van der Waals surface area contributed by atoms with Crippen LogP contribution < -0.4 is 5.32 Å². The van der Waals surface area contributed by atoms with E-state index in [4.69, 9.17) is 4.42 Å². The number of amides is 1. The molecule has 0 aliphatic rings. The number of rotatable bonds is 5. The number of carbonyl (C=O) groups excluding carboxylic acids is 1. The second kappa shape index (κ2) is 8.17. The number of nitrogens with zero attached hydrogens (tertiary/aromatic N) is 4.